The van der Waals surface area contributed by atoms with Crippen LogP contribution in [0.4, 0.5) is 5.69 Å². The molecule has 0 saturated carbocycles. The van der Waals surface area contributed by atoms with E-state index < -0.39 is 11.9 Å². The maximum atomic E-state index is 12.4. The molecule has 0 aliphatic heterocycles. The number of carbonyl (C=O) groups excluding carboxylic acids is 2. The summed E-state index contributed by atoms with van der Waals surface area (Å²) in [5.74, 6) is -0.399. The number of aryl methyl sites for hydroxylation is 1. The molecule has 30 heavy (non-hydrogen) atoms. The Morgan fingerprint density at radius 1 is 1.07 bits per heavy atom. The molecule has 3 aromatic carbocycles. The zero-order valence-electron chi connectivity index (χ0n) is 16.7. The van der Waals surface area contributed by atoms with Crippen molar-refractivity contribution in [2.45, 2.75) is 13.3 Å². The number of amides is 1. The van der Waals surface area contributed by atoms with Crippen LogP contribution in [0.15, 0.2) is 65.3 Å². The first-order valence-corrected chi connectivity index (χ1v) is 9.53. The molecular weight excluding hydrogens is 382 g/mol. The number of hydrogen-bond acceptors (Lipinski definition) is 5. The third-order valence-electron chi connectivity index (χ3n) is 4.87. The van der Waals surface area contributed by atoms with Crippen molar-refractivity contribution >= 4 is 39.3 Å². The van der Waals surface area contributed by atoms with E-state index >= 15 is 0 Å². The Morgan fingerprint density at radius 3 is 2.73 bits per heavy atom. The van der Waals surface area contributed by atoms with Gasteiger partial charge in [-0.3, -0.25) is 9.59 Å². The molecule has 0 atom stereocenters. The molecule has 1 aromatic heterocycles. The molecule has 0 fully saturated rings. The number of fused-ring (bicyclic) bond motifs is 3. The zero-order valence-corrected chi connectivity index (χ0v) is 16.7. The van der Waals surface area contributed by atoms with Crippen molar-refractivity contribution in [1.29, 1.82) is 0 Å². The van der Waals surface area contributed by atoms with Gasteiger partial charge in [0.2, 0.25) is 0 Å². The van der Waals surface area contributed by atoms with Gasteiger partial charge in [0, 0.05) is 10.9 Å². The van der Waals surface area contributed by atoms with Gasteiger partial charge in [0.25, 0.3) is 5.91 Å². The fourth-order valence-electron chi connectivity index (χ4n) is 3.46. The highest BCUT2D eigenvalue weighted by atomic mass is 16.5. The summed E-state index contributed by atoms with van der Waals surface area (Å²) in [5, 5.41) is 5.67. The van der Waals surface area contributed by atoms with E-state index in [0.29, 0.717) is 17.0 Å². The summed E-state index contributed by atoms with van der Waals surface area (Å²) in [4.78, 5) is 24.6. The summed E-state index contributed by atoms with van der Waals surface area (Å²) < 4.78 is 16.0. The van der Waals surface area contributed by atoms with Gasteiger partial charge in [-0.2, -0.15) is 0 Å². The smallest absolute Gasteiger partial charge is 0.310 e. The van der Waals surface area contributed by atoms with Gasteiger partial charge >= 0.3 is 5.97 Å². The molecule has 6 nitrogen and oxygen atoms in total. The van der Waals surface area contributed by atoms with Crippen LogP contribution in [0.5, 0.6) is 5.75 Å². The third kappa shape index (κ3) is 3.98. The quantitative estimate of drug-likeness (QED) is 0.475. The SMILES string of the molecule is COc1ccc(C)cc1NC(=O)COC(=O)Cc1coc2ccc3ccccc3c12. The number of hydrogen-bond donors (Lipinski definition) is 1. The summed E-state index contributed by atoms with van der Waals surface area (Å²) in [6.07, 6.45) is 1.58. The van der Waals surface area contributed by atoms with E-state index in [1.807, 2.05) is 49.4 Å². The number of rotatable bonds is 6. The molecule has 6 heteroatoms. The van der Waals surface area contributed by atoms with Crippen LogP contribution in [0.1, 0.15) is 11.1 Å². The molecular formula is C24H21NO5. The van der Waals surface area contributed by atoms with E-state index in [-0.39, 0.29) is 13.0 Å². The molecule has 0 radical (unpaired) electrons. The Bertz CT molecular complexity index is 1240. The van der Waals surface area contributed by atoms with Crippen molar-refractivity contribution in [3.05, 3.63) is 72.0 Å². The number of benzene rings is 3. The Labute approximate surface area is 173 Å². The van der Waals surface area contributed by atoms with Crippen LogP contribution in [-0.2, 0) is 20.7 Å². The predicted octanol–water partition coefficient (Wildman–Crippen LogP) is 4.63. The monoisotopic (exact) mass is 403 g/mol. The number of methoxy groups -OCH3 is 1. The molecule has 0 bridgehead atoms. The van der Waals surface area contributed by atoms with E-state index in [0.717, 1.165) is 27.3 Å². The minimum Gasteiger partial charge on any atom is -0.495 e. The standard InChI is InChI=1S/C24H21NO5/c1-15-7-9-20(28-2)19(11-15)25-22(26)14-30-23(27)12-17-13-29-21-10-8-16-5-3-4-6-18(16)24(17)21/h3-11,13H,12,14H2,1-2H3,(H,25,26). The molecule has 1 heterocycles. The van der Waals surface area contributed by atoms with Crippen molar-refractivity contribution in [2.24, 2.45) is 0 Å². The van der Waals surface area contributed by atoms with Crippen LogP contribution in [0.3, 0.4) is 0 Å². The van der Waals surface area contributed by atoms with Crippen molar-refractivity contribution in [2.75, 3.05) is 19.0 Å². The lowest BCUT2D eigenvalue weighted by Crippen LogP contribution is -2.22. The molecule has 4 aromatic rings. The highest BCUT2D eigenvalue weighted by Gasteiger charge is 2.16. The molecule has 0 aliphatic carbocycles. The van der Waals surface area contributed by atoms with Gasteiger partial charge in [-0.05, 0) is 41.5 Å². The van der Waals surface area contributed by atoms with E-state index in [2.05, 4.69) is 5.32 Å². The number of furan rings is 1. The number of esters is 1. The Morgan fingerprint density at radius 2 is 1.90 bits per heavy atom. The molecule has 0 spiro atoms. The zero-order chi connectivity index (χ0) is 21.1. The lowest BCUT2D eigenvalue weighted by atomic mass is 10.0. The average Bonchev–Trinajstić information content (AvgIpc) is 3.16. The van der Waals surface area contributed by atoms with Crippen LogP contribution in [0.25, 0.3) is 21.7 Å². The number of carbonyl (C=O) groups is 2. The molecule has 0 saturated heterocycles. The second kappa shape index (κ2) is 8.29. The molecule has 4 rings (SSSR count). The van der Waals surface area contributed by atoms with E-state index in [1.165, 1.54) is 7.11 Å². The second-order valence-corrected chi connectivity index (χ2v) is 7.01. The maximum absolute atomic E-state index is 12.4. The Balaban J connectivity index is 1.43. The van der Waals surface area contributed by atoms with Gasteiger partial charge < -0.3 is 19.2 Å². The van der Waals surface area contributed by atoms with Crippen LogP contribution < -0.4 is 10.1 Å². The first-order chi connectivity index (χ1) is 14.5. The van der Waals surface area contributed by atoms with Gasteiger partial charge in [-0.1, -0.05) is 36.4 Å². The summed E-state index contributed by atoms with van der Waals surface area (Å²) >= 11 is 0. The lowest BCUT2D eigenvalue weighted by molar-refractivity contribution is -0.146. The van der Waals surface area contributed by atoms with Gasteiger partial charge in [-0.15, -0.1) is 0 Å². The normalized spacial score (nSPS) is 10.9. The molecule has 1 N–H and O–H groups in total. The van der Waals surface area contributed by atoms with Crippen molar-refractivity contribution < 1.29 is 23.5 Å². The number of nitrogens with one attached hydrogen (secondary N) is 1. The Kier molecular flexibility index (Phi) is 5.39. The minimum atomic E-state index is -0.503. The summed E-state index contributed by atoms with van der Waals surface area (Å²) in [6, 6.07) is 17.2. The van der Waals surface area contributed by atoms with Crippen LogP contribution >= 0.6 is 0 Å². The Hall–Kier alpha value is -3.80. The summed E-state index contributed by atoms with van der Waals surface area (Å²) in [5.41, 5.74) is 2.95. The van der Waals surface area contributed by atoms with Crippen LogP contribution in [-0.4, -0.2) is 25.6 Å². The maximum Gasteiger partial charge on any atom is 0.310 e. The predicted molar refractivity (Wildman–Crippen MR) is 115 cm³/mol. The van der Waals surface area contributed by atoms with E-state index in [9.17, 15) is 9.59 Å². The van der Waals surface area contributed by atoms with E-state index in [4.69, 9.17) is 13.9 Å². The highest BCUT2D eigenvalue weighted by Crippen LogP contribution is 2.30. The molecule has 0 aliphatic rings. The molecule has 0 unspecified atom stereocenters. The van der Waals surface area contributed by atoms with Crippen molar-refractivity contribution in [3.8, 4) is 5.75 Å². The number of anilines is 1. The largest absolute Gasteiger partial charge is 0.495 e. The summed E-state index contributed by atoms with van der Waals surface area (Å²) in [6.45, 7) is 1.53. The topological polar surface area (TPSA) is 77.8 Å². The van der Waals surface area contributed by atoms with Gasteiger partial charge in [-0.25, -0.2) is 0 Å². The first kappa shape index (κ1) is 19.5. The average molecular weight is 403 g/mol. The van der Waals surface area contributed by atoms with Crippen LogP contribution in [0, 0.1) is 6.92 Å². The van der Waals surface area contributed by atoms with Crippen molar-refractivity contribution in [3.63, 3.8) is 0 Å². The fourth-order valence-corrected chi connectivity index (χ4v) is 3.46. The van der Waals surface area contributed by atoms with Crippen molar-refractivity contribution in [1.82, 2.24) is 0 Å². The summed E-state index contributed by atoms with van der Waals surface area (Å²) in [7, 11) is 1.53. The minimum absolute atomic E-state index is 0.0159. The van der Waals surface area contributed by atoms with Gasteiger partial charge in [0.1, 0.15) is 11.3 Å². The second-order valence-electron chi connectivity index (χ2n) is 7.01. The molecule has 152 valence electrons. The van der Waals surface area contributed by atoms with E-state index in [1.54, 1.807) is 18.4 Å². The lowest BCUT2D eigenvalue weighted by Gasteiger charge is -2.11. The molecule has 1 amide bonds. The number of ether oxygens (including phenoxy) is 2. The fraction of sp³-hybridized carbons (Fsp3) is 0.167. The highest BCUT2D eigenvalue weighted by molar-refractivity contribution is 6.08. The van der Waals surface area contributed by atoms with Gasteiger partial charge in [0.05, 0.1) is 25.5 Å². The van der Waals surface area contributed by atoms with Crippen LogP contribution in [0.2, 0.25) is 0 Å². The third-order valence-corrected chi connectivity index (χ3v) is 4.87. The van der Waals surface area contributed by atoms with Gasteiger partial charge in [0.15, 0.2) is 6.61 Å². The first-order valence-electron chi connectivity index (χ1n) is 9.53.